The number of hydrogen-bond acceptors (Lipinski definition) is 2. The summed E-state index contributed by atoms with van der Waals surface area (Å²) in [6.07, 6.45) is 4.74. The maximum atomic E-state index is 10.8. The Kier molecular flexibility index (Phi) is 4.91. The molecule has 0 aliphatic heterocycles. The Morgan fingerprint density at radius 1 is 1.47 bits per heavy atom. The predicted molar refractivity (Wildman–Crippen MR) is 68.6 cm³/mol. The van der Waals surface area contributed by atoms with Crippen molar-refractivity contribution in [3.63, 3.8) is 0 Å². The van der Waals surface area contributed by atoms with Gasteiger partial charge >= 0.3 is 5.97 Å². The van der Waals surface area contributed by atoms with Gasteiger partial charge in [-0.3, -0.25) is 0 Å². The van der Waals surface area contributed by atoms with E-state index in [9.17, 15) is 4.79 Å². The minimum Gasteiger partial charge on any atom is -0.478 e. The molecule has 0 amide bonds. The lowest BCUT2D eigenvalue weighted by Gasteiger charge is -1.99. The third-order valence-corrected chi connectivity index (χ3v) is 2.49. The van der Waals surface area contributed by atoms with Gasteiger partial charge in [0.05, 0.1) is 5.56 Å². The lowest BCUT2D eigenvalue weighted by molar-refractivity contribution is 0.0697. The molecule has 1 N–H and O–H groups in total. The lowest BCUT2D eigenvalue weighted by Crippen LogP contribution is -1.96. The van der Waals surface area contributed by atoms with Crippen molar-refractivity contribution in [1.82, 2.24) is 0 Å². The van der Waals surface area contributed by atoms with Crippen LogP contribution in [0.15, 0.2) is 28.7 Å². The zero-order valence-electron chi connectivity index (χ0n) is 7.98. The summed E-state index contributed by atoms with van der Waals surface area (Å²) >= 11 is 7.36. The minimum atomic E-state index is -0.917. The van der Waals surface area contributed by atoms with E-state index >= 15 is 0 Å². The number of carboxylic acids is 1. The highest BCUT2D eigenvalue weighted by Gasteiger charge is 2.04. The van der Waals surface area contributed by atoms with Gasteiger partial charge in [-0.15, -0.1) is 0 Å². The van der Waals surface area contributed by atoms with E-state index in [1.807, 2.05) is 18.2 Å². The topological polar surface area (TPSA) is 37.3 Å². The molecule has 0 bridgehead atoms. The van der Waals surface area contributed by atoms with E-state index in [0.29, 0.717) is 0 Å². The van der Waals surface area contributed by atoms with Gasteiger partial charge < -0.3 is 5.11 Å². The van der Waals surface area contributed by atoms with Gasteiger partial charge in [0.25, 0.3) is 0 Å². The Bertz CT molecular complexity index is 388. The fourth-order valence-corrected chi connectivity index (χ4v) is 1.79. The van der Waals surface area contributed by atoms with Gasteiger partial charge in [0, 0.05) is 4.47 Å². The molecule has 0 fully saturated rings. The van der Waals surface area contributed by atoms with Gasteiger partial charge in [-0.05, 0) is 35.9 Å². The van der Waals surface area contributed by atoms with Crippen LogP contribution in [-0.2, 0) is 0 Å². The van der Waals surface area contributed by atoms with Crippen molar-refractivity contribution < 1.29 is 9.90 Å². The molecular weight excluding hydrogens is 276 g/mol. The second-order valence-electron chi connectivity index (χ2n) is 2.99. The fourth-order valence-electron chi connectivity index (χ4n) is 1.13. The molecule has 15 heavy (non-hydrogen) atoms. The maximum Gasteiger partial charge on any atom is 0.335 e. The standard InChI is InChI=1S/C11H11BrO2S/c12-10-6-8(3-1-2-4-15)5-9(7-10)11(13)14/h1,3,5-7,15H,2,4H2,(H,13,14). The maximum absolute atomic E-state index is 10.8. The molecule has 0 spiro atoms. The molecule has 0 aliphatic rings. The number of rotatable bonds is 4. The van der Waals surface area contributed by atoms with Crippen LogP contribution < -0.4 is 0 Å². The van der Waals surface area contributed by atoms with Crippen LogP contribution in [0.3, 0.4) is 0 Å². The highest BCUT2D eigenvalue weighted by molar-refractivity contribution is 9.10. The van der Waals surface area contributed by atoms with E-state index in [1.54, 1.807) is 12.1 Å². The van der Waals surface area contributed by atoms with E-state index < -0.39 is 5.97 Å². The molecule has 0 heterocycles. The summed E-state index contributed by atoms with van der Waals surface area (Å²) in [6, 6.07) is 5.10. The Morgan fingerprint density at radius 2 is 2.20 bits per heavy atom. The predicted octanol–water partition coefficient (Wildman–Crippen LogP) is 3.48. The highest BCUT2D eigenvalue weighted by Crippen LogP contribution is 2.17. The number of benzene rings is 1. The molecule has 0 unspecified atom stereocenters. The van der Waals surface area contributed by atoms with Crippen molar-refractivity contribution >= 4 is 40.6 Å². The van der Waals surface area contributed by atoms with Crippen molar-refractivity contribution in [3.05, 3.63) is 39.9 Å². The first-order valence-corrected chi connectivity index (χ1v) is 5.87. The Hall–Kier alpha value is -0.740. The Morgan fingerprint density at radius 3 is 2.80 bits per heavy atom. The van der Waals surface area contributed by atoms with Crippen molar-refractivity contribution in [2.24, 2.45) is 0 Å². The van der Waals surface area contributed by atoms with E-state index in [1.165, 1.54) is 0 Å². The van der Waals surface area contributed by atoms with Gasteiger partial charge in [-0.1, -0.05) is 28.1 Å². The monoisotopic (exact) mass is 286 g/mol. The summed E-state index contributed by atoms with van der Waals surface area (Å²) in [4.78, 5) is 10.8. The first-order valence-electron chi connectivity index (χ1n) is 4.45. The normalized spacial score (nSPS) is 10.8. The molecule has 1 rings (SSSR count). The smallest absolute Gasteiger partial charge is 0.335 e. The Balaban J connectivity index is 2.93. The first kappa shape index (κ1) is 12.3. The van der Waals surface area contributed by atoms with Crippen LogP contribution in [0.5, 0.6) is 0 Å². The molecule has 1 aromatic carbocycles. The number of carbonyl (C=O) groups is 1. The summed E-state index contributed by atoms with van der Waals surface area (Å²) in [6.45, 7) is 0. The molecule has 0 saturated heterocycles. The van der Waals surface area contributed by atoms with Gasteiger partial charge in [0.2, 0.25) is 0 Å². The van der Waals surface area contributed by atoms with Crippen molar-refractivity contribution in [1.29, 1.82) is 0 Å². The average molecular weight is 287 g/mol. The number of carboxylic acid groups (broad SMARTS) is 1. The zero-order valence-corrected chi connectivity index (χ0v) is 10.5. The number of halogens is 1. The molecule has 80 valence electrons. The summed E-state index contributed by atoms with van der Waals surface area (Å²) < 4.78 is 0.771. The molecular formula is C11H11BrO2S. The van der Waals surface area contributed by atoms with Gasteiger partial charge in [0.1, 0.15) is 0 Å². The van der Waals surface area contributed by atoms with E-state index in [-0.39, 0.29) is 5.56 Å². The van der Waals surface area contributed by atoms with Crippen LogP contribution in [0.2, 0.25) is 0 Å². The van der Waals surface area contributed by atoms with Crippen molar-refractivity contribution in [2.45, 2.75) is 6.42 Å². The molecule has 0 radical (unpaired) electrons. The van der Waals surface area contributed by atoms with Crippen LogP contribution in [-0.4, -0.2) is 16.8 Å². The first-order chi connectivity index (χ1) is 7.13. The van der Waals surface area contributed by atoms with Crippen LogP contribution in [0, 0.1) is 0 Å². The number of allylic oxidation sites excluding steroid dienone is 1. The molecule has 2 nitrogen and oxygen atoms in total. The minimum absolute atomic E-state index is 0.287. The lowest BCUT2D eigenvalue weighted by atomic mass is 10.1. The third kappa shape index (κ3) is 4.10. The molecule has 0 atom stereocenters. The van der Waals surface area contributed by atoms with E-state index in [4.69, 9.17) is 5.11 Å². The largest absolute Gasteiger partial charge is 0.478 e. The zero-order chi connectivity index (χ0) is 11.3. The summed E-state index contributed by atoms with van der Waals surface area (Å²) in [5.41, 5.74) is 1.17. The molecule has 1 aromatic rings. The third-order valence-electron chi connectivity index (χ3n) is 1.77. The summed E-state index contributed by atoms with van der Waals surface area (Å²) in [7, 11) is 0. The molecule has 4 heteroatoms. The number of thiol groups is 1. The van der Waals surface area contributed by atoms with Crippen LogP contribution >= 0.6 is 28.6 Å². The molecule has 0 aromatic heterocycles. The second-order valence-corrected chi connectivity index (χ2v) is 4.36. The van der Waals surface area contributed by atoms with Gasteiger partial charge in [0.15, 0.2) is 0 Å². The second kappa shape index (κ2) is 5.98. The number of hydrogen-bond donors (Lipinski definition) is 2. The highest BCUT2D eigenvalue weighted by atomic mass is 79.9. The Labute approximate surface area is 103 Å². The van der Waals surface area contributed by atoms with Crippen LogP contribution in [0.25, 0.3) is 6.08 Å². The summed E-state index contributed by atoms with van der Waals surface area (Å²) in [5, 5.41) is 8.85. The molecule has 0 aliphatic carbocycles. The van der Waals surface area contributed by atoms with Crippen LogP contribution in [0.1, 0.15) is 22.3 Å². The van der Waals surface area contributed by atoms with Gasteiger partial charge in [-0.25, -0.2) is 4.79 Å². The van der Waals surface area contributed by atoms with Gasteiger partial charge in [-0.2, -0.15) is 12.6 Å². The SMILES string of the molecule is O=C(O)c1cc(Br)cc(C=CCCS)c1. The average Bonchev–Trinajstić information content (AvgIpc) is 2.17. The molecule has 0 saturated carbocycles. The summed E-state index contributed by atoms with van der Waals surface area (Å²) in [5.74, 6) is -0.129. The van der Waals surface area contributed by atoms with Crippen LogP contribution in [0.4, 0.5) is 0 Å². The van der Waals surface area contributed by atoms with Crippen molar-refractivity contribution in [3.8, 4) is 0 Å². The van der Waals surface area contributed by atoms with Crippen molar-refractivity contribution in [2.75, 3.05) is 5.75 Å². The quantitative estimate of drug-likeness (QED) is 0.832. The van der Waals surface area contributed by atoms with E-state index in [0.717, 1.165) is 22.2 Å². The van der Waals surface area contributed by atoms with E-state index in [2.05, 4.69) is 28.6 Å². The fraction of sp³-hybridized carbons (Fsp3) is 0.182. The number of aromatic carboxylic acids is 1.